The lowest BCUT2D eigenvalue weighted by Crippen LogP contribution is -2.54. The van der Waals surface area contributed by atoms with Gasteiger partial charge in [0.2, 0.25) is 0 Å². The molecule has 6 atom stereocenters. The van der Waals surface area contributed by atoms with Crippen LogP contribution < -0.4 is 0 Å². The van der Waals surface area contributed by atoms with E-state index in [1.54, 1.807) is 0 Å². The van der Waals surface area contributed by atoms with E-state index >= 15 is 0 Å². The zero-order valence-corrected chi connectivity index (χ0v) is 19.8. The van der Waals surface area contributed by atoms with Gasteiger partial charge < -0.3 is 33.3 Å². The van der Waals surface area contributed by atoms with Crippen LogP contribution in [0.4, 0.5) is 4.79 Å². The maximum atomic E-state index is 12.5. The fourth-order valence-electron chi connectivity index (χ4n) is 4.81. The summed E-state index contributed by atoms with van der Waals surface area (Å²) in [6.07, 6.45) is 4.82. The molecule has 0 aromatic heterocycles. The Kier molecular flexibility index (Phi) is 5.92. The average molecular weight is 440 g/mol. The summed E-state index contributed by atoms with van der Waals surface area (Å²) in [6.45, 7) is 14.0. The lowest BCUT2D eigenvalue weighted by atomic mass is 9.98. The van der Waals surface area contributed by atoms with Crippen LogP contribution in [0.15, 0.2) is 12.2 Å². The zero-order valence-electron chi connectivity index (χ0n) is 19.8. The first-order valence-corrected chi connectivity index (χ1v) is 11.4. The topological polar surface area (TPSA) is 75.7 Å². The van der Waals surface area contributed by atoms with E-state index in [2.05, 4.69) is 6.08 Å². The highest BCUT2D eigenvalue weighted by atomic mass is 16.9. The van der Waals surface area contributed by atoms with Crippen molar-refractivity contribution in [1.29, 1.82) is 0 Å². The number of nitrogens with zero attached hydrogens (tertiary/aromatic N) is 1. The van der Waals surface area contributed by atoms with E-state index in [1.807, 2.05) is 59.4 Å². The monoisotopic (exact) mass is 439 g/mol. The molecule has 1 amide bonds. The third-order valence-corrected chi connectivity index (χ3v) is 5.93. The fraction of sp³-hybridized carbons (Fsp3) is 0.870. The molecule has 4 aliphatic heterocycles. The van der Waals surface area contributed by atoms with Gasteiger partial charge in [-0.25, -0.2) is 4.79 Å². The minimum absolute atomic E-state index is 0.125. The van der Waals surface area contributed by atoms with Crippen molar-refractivity contribution < 1.29 is 33.2 Å². The summed E-state index contributed by atoms with van der Waals surface area (Å²) in [7, 11) is 0. The van der Waals surface area contributed by atoms with Crippen molar-refractivity contribution in [3.8, 4) is 0 Å². The van der Waals surface area contributed by atoms with Gasteiger partial charge in [0.05, 0.1) is 0 Å². The van der Waals surface area contributed by atoms with Crippen LogP contribution in [0.2, 0.25) is 0 Å². The summed E-state index contributed by atoms with van der Waals surface area (Å²) in [5.41, 5.74) is -0.495. The van der Waals surface area contributed by atoms with Crippen molar-refractivity contribution in [3.63, 3.8) is 0 Å². The maximum Gasteiger partial charge on any atom is 0.410 e. The molecular formula is C23H37NO7. The highest BCUT2D eigenvalue weighted by Crippen LogP contribution is 2.44. The Morgan fingerprint density at radius 3 is 2.39 bits per heavy atom. The van der Waals surface area contributed by atoms with Crippen LogP contribution >= 0.6 is 0 Å². The molecule has 0 bridgehead atoms. The zero-order chi connectivity index (χ0) is 22.6. The molecule has 4 rings (SSSR count). The van der Waals surface area contributed by atoms with E-state index in [4.69, 9.17) is 28.4 Å². The lowest BCUT2D eigenvalue weighted by molar-refractivity contribution is -0.222. The summed E-state index contributed by atoms with van der Waals surface area (Å²) in [6, 6.07) is 0.125. The van der Waals surface area contributed by atoms with Gasteiger partial charge in [-0.1, -0.05) is 12.2 Å². The number of fused-ring (bicyclic) bond motifs is 3. The second-order valence-electron chi connectivity index (χ2n) is 10.8. The molecular weight excluding hydrogens is 402 g/mol. The largest absolute Gasteiger partial charge is 0.444 e. The Balaban J connectivity index is 1.42. The van der Waals surface area contributed by atoms with Crippen molar-refractivity contribution in [1.82, 2.24) is 4.90 Å². The van der Waals surface area contributed by atoms with Crippen molar-refractivity contribution in [2.75, 3.05) is 6.54 Å². The van der Waals surface area contributed by atoms with E-state index in [1.165, 1.54) is 0 Å². The van der Waals surface area contributed by atoms with Gasteiger partial charge in [0.15, 0.2) is 17.9 Å². The molecule has 0 aromatic rings. The van der Waals surface area contributed by atoms with E-state index in [0.717, 1.165) is 25.8 Å². The number of likely N-dealkylation sites (tertiary alicyclic amines) is 1. The molecule has 8 nitrogen and oxygen atoms in total. The molecule has 4 aliphatic rings. The molecule has 0 aliphatic carbocycles. The van der Waals surface area contributed by atoms with Gasteiger partial charge in [0.25, 0.3) is 0 Å². The van der Waals surface area contributed by atoms with E-state index < -0.39 is 23.5 Å². The molecule has 0 aromatic carbocycles. The summed E-state index contributed by atoms with van der Waals surface area (Å²) >= 11 is 0. The third-order valence-electron chi connectivity index (χ3n) is 5.93. The van der Waals surface area contributed by atoms with E-state index in [-0.39, 0.29) is 36.6 Å². The van der Waals surface area contributed by atoms with Crippen LogP contribution in [-0.2, 0) is 28.4 Å². The minimum atomic E-state index is -0.730. The fourth-order valence-corrected chi connectivity index (χ4v) is 4.81. The molecule has 0 radical (unpaired) electrons. The van der Waals surface area contributed by atoms with Crippen LogP contribution in [0.5, 0.6) is 0 Å². The Morgan fingerprint density at radius 2 is 1.68 bits per heavy atom. The smallest absolute Gasteiger partial charge is 0.410 e. The second-order valence-corrected chi connectivity index (χ2v) is 10.8. The molecule has 31 heavy (non-hydrogen) atoms. The highest BCUT2D eigenvalue weighted by molar-refractivity contribution is 5.69. The maximum absolute atomic E-state index is 12.5. The van der Waals surface area contributed by atoms with Crippen LogP contribution in [-0.4, -0.2) is 71.5 Å². The number of carbonyl (C=O) groups is 1. The lowest BCUT2D eigenvalue weighted by Gasteiger charge is -2.36. The van der Waals surface area contributed by atoms with Gasteiger partial charge in [-0.2, -0.15) is 0 Å². The van der Waals surface area contributed by atoms with Crippen molar-refractivity contribution in [3.05, 3.63) is 12.2 Å². The average Bonchev–Trinajstić information content (AvgIpc) is 3.27. The Morgan fingerprint density at radius 1 is 1.03 bits per heavy atom. The molecule has 8 heteroatoms. The van der Waals surface area contributed by atoms with E-state index in [0.29, 0.717) is 0 Å². The number of hydrogen-bond donors (Lipinski definition) is 0. The van der Waals surface area contributed by atoms with Crippen molar-refractivity contribution in [2.24, 2.45) is 0 Å². The molecule has 4 fully saturated rings. The second kappa shape index (κ2) is 7.99. The quantitative estimate of drug-likeness (QED) is 0.620. The summed E-state index contributed by atoms with van der Waals surface area (Å²) in [4.78, 5) is 14.4. The van der Waals surface area contributed by atoms with Crippen LogP contribution in [0.1, 0.15) is 67.7 Å². The number of ether oxygens (including phenoxy) is 6. The van der Waals surface area contributed by atoms with Crippen LogP contribution in [0.25, 0.3) is 0 Å². The molecule has 0 saturated carbocycles. The predicted octanol–water partition coefficient (Wildman–Crippen LogP) is 3.73. The van der Waals surface area contributed by atoms with Gasteiger partial charge in [0.1, 0.15) is 30.0 Å². The van der Waals surface area contributed by atoms with Crippen LogP contribution in [0, 0.1) is 0 Å². The number of carbonyl (C=O) groups excluding carboxylic acids is 1. The van der Waals surface area contributed by atoms with Crippen LogP contribution in [0.3, 0.4) is 0 Å². The molecule has 176 valence electrons. The SMILES string of the molecule is CC(C)(C)OC(=O)N1CCCC1C/C=C/[C@H]1O[C@@H]2OC(C)(C)O[C@@H]2[C@H]2OC(C)(C)O[C@H]21. The van der Waals surface area contributed by atoms with E-state index in [9.17, 15) is 4.79 Å². The van der Waals surface area contributed by atoms with Gasteiger partial charge in [-0.15, -0.1) is 0 Å². The van der Waals surface area contributed by atoms with Crippen molar-refractivity contribution >= 4 is 6.09 Å². The first-order valence-electron chi connectivity index (χ1n) is 11.4. The Hall–Kier alpha value is -1.19. The Labute approximate surface area is 185 Å². The predicted molar refractivity (Wildman–Crippen MR) is 112 cm³/mol. The minimum Gasteiger partial charge on any atom is -0.444 e. The standard InChI is InChI=1S/C23H37NO7/c1-21(2,3)31-20(25)24-13-9-11-14(24)10-8-12-15-16-17(28-22(4,5)27-16)18-19(26-15)30-23(6,7)29-18/h8,12,14-19H,9-11,13H2,1-7H3/b12-8+/t14?,15-,16+,17+,18-,19-/m1/s1. The normalized spacial score (nSPS) is 39.0. The number of amides is 1. The molecule has 1 unspecified atom stereocenters. The molecule has 4 heterocycles. The summed E-state index contributed by atoms with van der Waals surface area (Å²) in [5.74, 6) is -1.44. The number of hydrogen-bond acceptors (Lipinski definition) is 7. The van der Waals surface area contributed by atoms with Gasteiger partial charge >= 0.3 is 6.09 Å². The summed E-state index contributed by atoms with van der Waals surface area (Å²) in [5, 5.41) is 0. The highest BCUT2D eigenvalue weighted by Gasteiger charge is 2.60. The van der Waals surface area contributed by atoms with Crippen molar-refractivity contribution in [2.45, 2.75) is 122 Å². The van der Waals surface area contributed by atoms with Gasteiger partial charge in [-0.3, -0.25) is 0 Å². The number of rotatable bonds is 3. The molecule has 0 N–H and O–H groups in total. The molecule has 0 spiro atoms. The molecule has 4 saturated heterocycles. The summed E-state index contributed by atoms with van der Waals surface area (Å²) < 4.78 is 36.1. The first-order chi connectivity index (χ1) is 14.3. The third kappa shape index (κ3) is 5.09. The first kappa shape index (κ1) is 23.0. The van der Waals surface area contributed by atoms with Gasteiger partial charge in [-0.05, 0) is 67.7 Å². The Bertz CT molecular complexity index is 713. The van der Waals surface area contributed by atoms with Gasteiger partial charge in [0, 0.05) is 12.6 Å².